The SMILES string of the molecule is CS(=O)(=O)N1CCO[C@H](CNc2nccc(CCC(F)(F)F)n2)C1. The van der Waals surface area contributed by atoms with Crippen molar-refractivity contribution in [1.29, 1.82) is 0 Å². The molecule has 2 heterocycles. The van der Waals surface area contributed by atoms with Crippen LogP contribution in [0.2, 0.25) is 0 Å². The quantitative estimate of drug-likeness (QED) is 0.808. The Hall–Kier alpha value is -1.46. The number of ether oxygens (including phenoxy) is 1. The summed E-state index contributed by atoms with van der Waals surface area (Å²) in [5.74, 6) is 0.190. The second-order valence-corrected chi connectivity index (χ2v) is 7.46. The summed E-state index contributed by atoms with van der Waals surface area (Å²) in [4.78, 5) is 7.96. The number of nitrogens with one attached hydrogen (secondary N) is 1. The van der Waals surface area contributed by atoms with Crippen LogP contribution in [0.25, 0.3) is 0 Å². The van der Waals surface area contributed by atoms with Gasteiger partial charge in [0.15, 0.2) is 0 Å². The lowest BCUT2D eigenvalue weighted by Crippen LogP contribution is -2.47. The van der Waals surface area contributed by atoms with Crippen LogP contribution in [0.5, 0.6) is 0 Å². The van der Waals surface area contributed by atoms with E-state index in [4.69, 9.17) is 4.74 Å². The molecule has 1 aliphatic rings. The smallest absolute Gasteiger partial charge is 0.374 e. The van der Waals surface area contributed by atoms with Crippen LogP contribution in [0.4, 0.5) is 19.1 Å². The zero-order chi connectivity index (χ0) is 17.8. The first kappa shape index (κ1) is 18.9. The van der Waals surface area contributed by atoms with Gasteiger partial charge in [-0.15, -0.1) is 0 Å². The second kappa shape index (κ2) is 7.62. The summed E-state index contributed by atoms with van der Waals surface area (Å²) in [6, 6.07) is 1.43. The molecule has 0 aromatic carbocycles. The number of aryl methyl sites for hydroxylation is 1. The Morgan fingerprint density at radius 2 is 2.21 bits per heavy atom. The zero-order valence-electron chi connectivity index (χ0n) is 13.1. The van der Waals surface area contributed by atoms with Gasteiger partial charge in [0.05, 0.1) is 19.0 Å². The van der Waals surface area contributed by atoms with E-state index in [2.05, 4.69) is 15.3 Å². The van der Waals surface area contributed by atoms with Crippen LogP contribution in [0, 0.1) is 0 Å². The number of morpholine rings is 1. The van der Waals surface area contributed by atoms with Gasteiger partial charge in [0.1, 0.15) is 0 Å². The van der Waals surface area contributed by atoms with Crippen molar-refractivity contribution in [3.05, 3.63) is 18.0 Å². The summed E-state index contributed by atoms with van der Waals surface area (Å²) in [6.45, 7) is 1.05. The number of alkyl halides is 3. The molecule has 1 aromatic rings. The molecule has 1 fully saturated rings. The molecule has 2 rings (SSSR count). The number of hydrogen-bond donors (Lipinski definition) is 1. The first-order valence-electron chi connectivity index (χ1n) is 7.33. The molecule has 0 radical (unpaired) electrons. The molecular weight excluding hydrogens is 349 g/mol. The topological polar surface area (TPSA) is 84.4 Å². The Labute approximate surface area is 138 Å². The van der Waals surface area contributed by atoms with Crippen molar-refractivity contribution in [3.63, 3.8) is 0 Å². The Bertz CT molecular complexity index is 654. The summed E-state index contributed by atoms with van der Waals surface area (Å²) < 4.78 is 66.6. The lowest BCUT2D eigenvalue weighted by atomic mass is 10.2. The summed E-state index contributed by atoms with van der Waals surface area (Å²) in [6.07, 6.45) is -3.26. The standard InChI is InChI=1S/C13H19F3N4O3S/c1-24(21,22)20-6-7-23-11(9-20)8-18-12-17-5-3-10(19-12)2-4-13(14,15)16/h3,5,11H,2,4,6-9H2,1H3,(H,17,18,19)/t11-/m1/s1. The molecule has 1 N–H and O–H groups in total. The highest BCUT2D eigenvalue weighted by Gasteiger charge is 2.27. The number of aromatic nitrogens is 2. The second-order valence-electron chi connectivity index (χ2n) is 5.48. The largest absolute Gasteiger partial charge is 0.389 e. The van der Waals surface area contributed by atoms with Crippen LogP contribution < -0.4 is 5.32 Å². The minimum absolute atomic E-state index is 0.190. The predicted octanol–water partition coefficient (Wildman–Crippen LogP) is 1.04. The summed E-state index contributed by atoms with van der Waals surface area (Å²) in [7, 11) is -3.28. The Morgan fingerprint density at radius 1 is 1.46 bits per heavy atom. The average molecular weight is 368 g/mol. The molecule has 136 valence electrons. The zero-order valence-corrected chi connectivity index (χ0v) is 13.9. The van der Waals surface area contributed by atoms with Crippen molar-refractivity contribution in [1.82, 2.24) is 14.3 Å². The molecule has 0 aliphatic carbocycles. The monoisotopic (exact) mass is 368 g/mol. The van der Waals surface area contributed by atoms with Gasteiger partial charge in [-0.2, -0.15) is 17.5 Å². The van der Waals surface area contributed by atoms with Crippen LogP contribution in [-0.4, -0.2) is 67.5 Å². The fraction of sp³-hybridized carbons (Fsp3) is 0.692. The molecule has 7 nitrogen and oxygen atoms in total. The molecular formula is C13H19F3N4O3S. The molecule has 1 aromatic heterocycles. The Kier molecular flexibility index (Phi) is 5.99. The minimum Gasteiger partial charge on any atom is -0.374 e. The van der Waals surface area contributed by atoms with Gasteiger partial charge in [-0.25, -0.2) is 18.4 Å². The van der Waals surface area contributed by atoms with Crippen LogP contribution in [0.1, 0.15) is 12.1 Å². The van der Waals surface area contributed by atoms with Crippen molar-refractivity contribution in [2.45, 2.75) is 25.1 Å². The number of halogens is 3. The molecule has 0 unspecified atom stereocenters. The van der Waals surface area contributed by atoms with Crippen molar-refractivity contribution >= 4 is 16.0 Å². The van der Waals surface area contributed by atoms with E-state index < -0.39 is 22.6 Å². The average Bonchev–Trinajstić information content (AvgIpc) is 2.50. The van der Waals surface area contributed by atoms with E-state index in [0.29, 0.717) is 6.54 Å². The third-order valence-electron chi connectivity index (χ3n) is 3.44. The molecule has 0 amide bonds. The fourth-order valence-corrected chi connectivity index (χ4v) is 3.06. The number of rotatable bonds is 6. The number of nitrogens with zero attached hydrogens (tertiary/aromatic N) is 3. The minimum atomic E-state index is -4.23. The predicted molar refractivity (Wildman–Crippen MR) is 81.1 cm³/mol. The highest BCUT2D eigenvalue weighted by Crippen LogP contribution is 2.21. The van der Waals surface area contributed by atoms with Gasteiger partial charge in [0, 0.05) is 37.9 Å². The molecule has 1 atom stereocenters. The Morgan fingerprint density at radius 3 is 2.88 bits per heavy atom. The van der Waals surface area contributed by atoms with Crippen LogP contribution in [0.3, 0.4) is 0 Å². The van der Waals surface area contributed by atoms with Crippen LogP contribution in [-0.2, 0) is 21.2 Å². The van der Waals surface area contributed by atoms with Crippen LogP contribution in [0.15, 0.2) is 12.3 Å². The first-order chi connectivity index (χ1) is 11.1. The lowest BCUT2D eigenvalue weighted by molar-refractivity contribution is -0.134. The van der Waals surface area contributed by atoms with Gasteiger partial charge in [0.2, 0.25) is 16.0 Å². The number of sulfonamides is 1. The summed E-state index contributed by atoms with van der Waals surface area (Å²) >= 11 is 0. The third-order valence-corrected chi connectivity index (χ3v) is 4.71. The molecule has 1 saturated heterocycles. The highest BCUT2D eigenvalue weighted by atomic mass is 32.2. The van der Waals surface area contributed by atoms with E-state index in [1.54, 1.807) is 0 Å². The normalized spacial score (nSPS) is 20.1. The van der Waals surface area contributed by atoms with Crippen molar-refractivity contribution < 1.29 is 26.3 Å². The van der Waals surface area contributed by atoms with Gasteiger partial charge in [-0.1, -0.05) is 0 Å². The van der Waals surface area contributed by atoms with E-state index >= 15 is 0 Å². The van der Waals surface area contributed by atoms with Gasteiger partial charge < -0.3 is 10.1 Å². The van der Waals surface area contributed by atoms with E-state index in [1.165, 1.54) is 16.6 Å². The third kappa shape index (κ3) is 6.21. The lowest BCUT2D eigenvalue weighted by Gasteiger charge is -2.31. The Balaban J connectivity index is 1.88. The van der Waals surface area contributed by atoms with Gasteiger partial charge in [0.25, 0.3) is 0 Å². The highest BCUT2D eigenvalue weighted by molar-refractivity contribution is 7.88. The molecule has 24 heavy (non-hydrogen) atoms. The number of anilines is 1. The van der Waals surface area contributed by atoms with E-state index in [1.807, 2.05) is 0 Å². The molecule has 0 spiro atoms. The maximum atomic E-state index is 12.2. The van der Waals surface area contributed by atoms with Crippen molar-refractivity contribution in [2.75, 3.05) is 37.8 Å². The van der Waals surface area contributed by atoms with E-state index in [-0.39, 0.29) is 43.9 Å². The van der Waals surface area contributed by atoms with E-state index in [0.717, 1.165) is 6.26 Å². The van der Waals surface area contributed by atoms with Gasteiger partial charge >= 0.3 is 6.18 Å². The molecule has 0 bridgehead atoms. The van der Waals surface area contributed by atoms with Crippen LogP contribution >= 0.6 is 0 Å². The molecule has 0 saturated carbocycles. The molecule has 11 heteroatoms. The van der Waals surface area contributed by atoms with Crippen molar-refractivity contribution in [2.24, 2.45) is 0 Å². The molecule has 1 aliphatic heterocycles. The van der Waals surface area contributed by atoms with Gasteiger partial charge in [-0.05, 0) is 12.5 Å². The summed E-state index contributed by atoms with van der Waals surface area (Å²) in [5.41, 5.74) is 0.284. The maximum Gasteiger partial charge on any atom is 0.389 e. The number of hydrogen-bond acceptors (Lipinski definition) is 6. The van der Waals surface area contributed by atoms with E-state index in [9.17, 15) is 21.6 Å². The van der Waals surface area contributed by atoms with Gasteiger partial charge in [-0.3, -0.25) is 0 Å². The fourth-order valence-electron chi connectivity index (χ4n) is 2.21. The summed E-state index contributed by atoms with van der Waals surface area (Å²) in [5, 5.41) is 2.87. The maximum absolute atomic E-state index is 12.2. The first-order valence-corrected chi connectivity index (χ1v) is 9.17. The van der Waals surface area contributed by atoms with Crippen molar-refractivity contribution in [3.8, 4) is 0 Å².